The molecule has 28 heavy (non-hydrogen) atoms. The number of nitro benzene ring substituents is 1. The topological polar surface area (TPSA) is 96.5 Å². The van der Waals surface area contributed by atoms with E-state index in [1.165, 1.54) is 36.4 Å². The van der Waals surface area contributed by atoms with Crippen molar-refractivity contribution in [2.75, 3.05) is 13.2 Å². The van der Waals surface area contributed by atoms with Crippen LogP contribution in [0.15, 0.2) is 48.5 Å². The third-order valence-electron chi connectivity index (χ3n) is 3.59. The highest BCUT2D eigenvalue weighted by molar-refractivity contribution is 5.77. The molecule has 0 atom stereocenters. The number of hydrogen-bond acceptors (Lipinski definition) is 5. The molecule has 0 N–H and O–H groups in total. The molecule has 0 radical (unpaired) electrons. The summed E-state index contributed by atoms with van der Waals surface area (Å²) in [5.74, 6) is -0.788. The molecule has 146 valence electrons. The van der Waals surface area contributed by atoms with Crippen LogP contribution in [-0.4, -0.2) is 35.1 Å². The third-order valence-corrected chi connectivity index (χ3v) is 3.59. The number of hydrogen-bond donors (Lipinski definition) is 0. The molecule has 0 spiro atoms. The molecule has 0 heterocycles. The summed E-state index contributed by atoms with van der Waals surface area (Å²) >= 11 is 0. The van der Waals surface area contributed by atoms with Crippen LogP contribution in [0.5, 0.6) is 5.75 Å². The lowest BCUT2D eigenvalue weighted by molar-refractivity contribution is -0.384. The van der Waals surface area contributed by atoms with Crippen LogP contribution in [0.25, 0.3) is 0 Å². The molecule has 2 aromatic rings. The molecule has 0 fully saturated rings. The van der Waals surface area contributed by atoms with E-state index in [0.717, 1.165) is 12.1 Å². The summed E-state index contributed by atoms with van der Waals surface area (Å²) < 4.78 is 43.6. The van der Waals surface area contributed by atoms with Gasteiger partial charge in [-0.15, -0.1) is 0 Å². The van der Waals surface area contributed by atoms with Gasteiger partial charge in [0.05, 0.1) is 16.6 Å². The first-order valence-electron chi connectivity index (χ1n) is 7.89. The Kier molecular flexibility index (Phi) is 6.55. The van der Waals surface area contributed by atoms with E-state index in [4.69, 9.17) is 10.00 Å². The van der Waals surface area contributed by atoms with Gasteiger partial charge in [0.1, 0.15) is 12.3 Å². The number of alkyl halides is 3. The number of rotatable bonds is 7. The molecule has 0 aliphatic rings. The van der Waals surface area contributed by atoms with E-state index in [0.29, 0.717) is 16.0 Å². The van der Waals surface area contributed by atoms with Crippen molar-refractivity contribution in [2.45, 2.75) is 12.7 Å². The normalized spacial score (nSPS) is 10.8. The first-order chi connectivity index (χ1) is 13.2. The van der Waals surface area contributed by atoms with Gasteiger partial charge in [0.15, 0.2) is 6.61 Å². The van der Waals surface area contributed by atoms with Crippen LogP contribution < -0.4 is 4.74 Å². The third kappa shape index (κ3) is 6.28. The maximum atomic E-state index is 12.8. The standard InChI is InChI=1S/C18H14F3N3O4/c19-18(20,21)12-23(10-14-3-1-13(9-22)2-4-14)17(25)11-28-16-7-5-15(6-8-16)24(26)27/h1-8H,10-12H2. The van der Waals surface area contributed by atoms with Gasteiger partial charge in [0.25, 0.3) is 11.6 Å². The molecule has 2 rings (SSSR count). The van der Waals surface area contributed by atoms with Crippen molar-refractivity contribution in [1.29, 1.82) is 5.26 Å². The Hall–Kier alpha value is -3.61. The summed E-state index contributed by atoms with van der Waals surface area (Å²) in [6.07, 6.45) is -4.60. The van der Waals surface area contributed by atoms with Crippen molar-refractivity contribution in [3.8, 4) is 11.8 Å². The van der Waals surface area contributed by atoms with Crippen molar-refractivity contribution in [1.82, 2.24) is 4.90 Å². The minimum atomic E-state index is -4.60. The largest absolute Gasteiger partial charge is 0.484 e. The highest BCUT2D eigenvalue weighted by atomic mass is 19.4. The zero-order valence-electron chi connectivity index (χ0n) is 14.3. The lowest BCUT2D eigenvalue weighted by Crippen LogP contribution is -2.41. The number of benzene rings is 2. The summed E-state index contributed by atoms with van der Waals surface area (Å²) in [6, 6.07) is 12.5. The van der Waals surface area contributed by atoms with Gasteiger partial charge >= 0.3 is 6.18 Å². The fraction of sp³-hybridized carbons (Fsp3) is 0.222. The summed E-state index contributed by atoms with van der Waals surface area (Å²) in [5.41, 5.74) is 0.587. The van der Waals surface area contributed by atoms with E-state index in [-0.39, 0.29) is 18.0 Å². The molecule has 0 aromatic heterocycles. The van der Waals surface area contributed by atoms with E-state index < -0.39 is 30.2 Å². The van der Waals surface area contributed by atoms with Crippen LogP contribution >= 0.6 is 0 Å². The molecule has 0 saturated heterocycles. The quantitative estimate of drug-likeness (QED) is 0.530. The number of carbonyl (C=O) groups excluding carboxylic acids is 1. The number of nitro groups is 1. The van der Waals surface area contributed by atoms with Crippen LogP contribution in [0, 0.1) is 21.4 Å². The molecule has 0 saturated carbocycles. The summed E-state index contributed by atoms with van der Waals surface area (Å²) in [7, 11) is 0. The molecule has 2 aromatic carbocycles. The van der Waals surface area contributed by atoms with Crippen molar-refractivity contribution in [2.24, 2.45) is 0 Å². The minimum absolute atomic E-state index is 0.115. The molecule has 10 heteroatoms. The van der Waals surface area contributed by atoms with E-state index in [1.807, 2.05) is 6.07 Å². The van der Waals surface area contributed by atoms with Crippen molar-refractivity contribution < 1.29 is 27.6 Å². The number of amides is 1. The van der Waals surface area contributed by atoms with Gasteiger partial charge in [-0.1, -0.05) is 12.1 Å². The average molecular weight is 393 g/mol. The van der Waals surface area contributed by atoms with Crippen molar-refractivity contribution >= 4 is 11.6 Å². The van der Waals surface area contributed by atoms with Crippen LogP contribution in [0.2, 0.25) is 0 Å². The van der Waals surface area contributed by atoms with E-state index in [9.17, 15) is 28.1 Å². The van der Waals surface area contributed by atoms with Gasteiger partial charge in [-0.2, -0.15) is 18.4 Å². The number of nitriles is 1. The number of non-ortho nitro benzene ring substituents is 1. The Balaban J connectivity index is 2.05. The molecule has 7 nitrogen and oxygen atoms in total. The highest BCUT2D eigenvalue weighted by Crippen LogP contribution is 2.20. The van der Waals surface area contributed by atoms with Crippen molar-refractivity contribution in [3.63, 3.8) is 0 Å². The Morgan fingerprint density at radius 1 is 1.14 bits per heavy atom. The molecular weight excluding hydrogens is 379 g/mol. The second kappa shape index (κ2) is 8.85. The average Bonchev–Trinajstić information content (AvgIpc) is 2.65. The number of ether oxygens (including phenoxy) is 1. The Morgan fingerprint density at radius 3 is 2.25 bits per heavy atom. The predicted octanol–water partition coefficient (Wildman–Crippen LogP) is 3.44. The fourth-order valence-electron chi connectivity index (χ4n) is 2.25. The van der Waals surface area contributed by atoms with Gasteiger partial charge in [0.2, 0.25) is 0 Å². The lowest BCUT2D eigenvalue weighted by Gasteiger charge is -2.24. The molecule has 0 aliphatic heterocycles. The van der Waals surface area contributed by atoms with Gasteiger partial charge in [0, 0.05) is 18.7 Å². The number of nitrogens with zero attached hydrogens (tertiary/aromatic N) is 3. The molecule has 0 bridgehead atoms. The fourth-order valence-corrected chi connectivity index (χ4v) is 2.25. The molecule has 0 unspecified atom stereocenters. The van der Waals surface area contributed by atoms with Gasteiger partial charge < -0.3 is 9.64 Å². The van der Waals surface area contributed by atoms with Crippen LogP contribution in [0.3, 0.4) is 0 Å². The monoisotopic (exact) mass is 393 g/mol. The van der Waals surface area contributed by atoms with E-state index >= 15 is 0 Å². The first-order valence-corrected chi connectivity index (χ1v) is 7.89. The second-order valence-electron chi connectivity index (χ2n) is 5.71. The Labute approximate surface area is 157 Å². The summed E-state index contributed by atoms with van der Waals surface area (Å²) in [5, 5.41) is 19.4. The summed E-state index contributed by atoms with van der Waals surface area (Å²) in [6.45, 7) is -2.44. The predicted molar refractivity (Wildman–Crippen MR) is 91.2 cm³/mol. The smallest absolute Gasteiger partial charge is 0.406 e. The van der Waals surface area contributed by atoms with Crippen molar-refractivity contribution in [3.05, 3.63) is 69.8 Å². The minimum Gasteiger partial charge on any atom is -0.484 e. The maximum absolute atomic E-state index is 12.8. The Morgan fingerprint density at radius 2 is 1.75 bits per heavy atom. The number of carbonyl (C=O) groups is 1. The molecule has 0 aliphatic carbocycles. The highest BCUT2D eigenvalue weighted by Gasteiger charge is 2.33. The van der Waals surface area contributed by atoms with Crippen LogP contribution in [0.1, 0.15) is 11.1 Å². The van der Waals surface area contributed by atoms with Gasteiger partial charge in [-0.25, -0.2) is 0 Å². The molecule has 1 amide bonds. The second-order valence-corrected chi connectivity index (χ2v) is 5.71. The van der Waals surface area contributed by atoms with Gasteiger partial charge in [-0.3, -0.25) is 14.9 Å². The summed E-state index contributed by atoms with van der Waals surface area (Å²) in [4.78, 5) is 22.8. The van der Waals surface area contributed by atoms with Crippen LogP contribution in [0.4, 0.5) is 18.9 Å². The zero-order chi connectivity index (χ0) is 20.7. The van der Waals surface area contributed by atoms with Gasteiger partial charge in [-0.05, 0) is 29.8 Å². The Bertz CT molecular complexity index is 875. The number of halogens is 3. The van der Waals surface area contributed by atoms with E-state index in [2.05, 4.69) is 0 Å². The maximum Gasteiger partial charge on any atom is 0.406 e. The lowest BCUT2D eigenvalue weighted by atomic mass is 10.1. The van der Waals surface area contributed by atoms with E-state index in [1.54, 1.807) is 0 Å². The molecular formula is C18H14F3N3O4. The van der Waals surface area contributed by atoms with Crippen LogP contribution in [-0.2, 0) is 11.3 Å². The SMILES string of the molecule is N#Cc1ccc(CN(CC(F)(F)F)C(=O)COc2ccc([N+](=O)[O-])cc2)cc1. The zero-order valence-corrected chi connectivity index (χ0v) is 14.3. The first kappa shape index (κ1) is 20.7.